The maximum Gasteiger partial charge on any atom is 0.308 e. The first-order valence-corrected chi connectivity index (χ1v) is 12.2. The van der Waals surface area contributed by atoms with E-state index in [1.54, 1.807) is 36.1 Å². The monoisotopic (exact) mass is 496 g/mol. The topological polar surface area (TPSA) is 90.7 Å². The van der Waals surface area contributed by atoms with E-state index in [-0.39, 0.29) is 23.4 Å². The first-order chi connectivity index (χ1) is 17.1. The number of ketones is 1. The van der Waals surface area contributed by atoms with E-state index in [2.05, 4.69) is 23.7 Å². The number of nitrogens with zero attached hydrogens (tertiary/aromatic N) is 2. The van der Waals surface area contributed by atoms with E-state index in [4.69, 9.17) is 9.84 Å². The molecule has 196 valence electrons. The number of hydrogen-bond acceptors (Lipinski definition) is 6. The van der Waals surface area contributed by atoms with Crippen LogP contribution in [0.2, 0.25) is 0 Å². The lowest BCUT2D eigenvalue weighted by Gasteiger charge is -2.08. The fourth-order valence-corrected chi connectivity index (χ4v) is 3.16. The number of phenolic OH excluding ortho intramolecular Hbond substituents is 1. The van der Waals surface area contributed by atoms with Gasteiger partial charge in [-0.1, -0.05) is 45.7 Å². The van der Waals surface area contributed by atoms with Crippen LogP contribution in [-0.4, -0.2) is 40.9 Å². The van der Waals surface area contributed by atoms with Gasteiger partial charge in [-0.25, -0.2) is 4.68 Å². The lowest BCUT2D eigenvalue weighted by molar-refractivity contribution is -0.144. The number of rotatable bonds is 7. The van der Waals surface area contributed by atoms with Gasteiger partial charge < -0.3 is 14.6 Å². The Morgan fingerprint density at radius 3 is 1.94 bits per heavy atom. The molecule has 0 aliphatic carbocycles. The Kier molecular flexibility index (Phi) is 13.0. The molecule has 0 aliphatic heterocycles. The highest BCUT2D eigenvalue weighted by Gasteiger charge is 2.15. The van der Waals surface area contributed by atoms with Gasteiger partial charge in [0.1, 0.15) is 17.2 Å². The van der Waals surface area contributed by atoms with Gasteiger partial charge in [0.15, 0.2) is 5.78 Å². The highest BCUT2D eigenvalue weighted by molar-refractivity contribution is 5.93. The zero-order valence-electron chi connectivity index (χ0n) is 22.8. The van der Waals surface area contributed by atoms with Crippen LogP contribution in [0.15, 0.2) is 48.5 Å². The molecule has 0 amide bonds. The van der Waals surface area contributed by atoms with Crippen molar-refractivity contribution in [2.45, 2.75) is 60.8 Å². The summed E-state index contributed by atoms with van der Waals surface area (Å²) in [5, 5.41) is 13.4. The summed E-state index contributed by atoms with van der Waals surface area (Å²) >= 11 is 0. The standard InChI is InChI=1S/C14H16N2O2.C11H14O3.C4H10/c1-9-10(2)16(15-14(9)11(3)17)12-5-7-13(18-4)8-6-12;1-8(11(13)14-2)7-9-3-5-10(12)6-4-9;1-3-4-2/h5-8H,1-4H3;3-6,8,12H,7H2,1-2H3;3-4H2,1-2H3. The number of ether oxygens (including phenoxy) is 2. The molecule has 3 aromatic rings. The van der Waals surface area contributed by atoms with Gasteiger partial charge in [0.2, 0.25) is 0 Å². The number of carbonyl (C=O) groups excluding carboxylic acids is 2. The van der Waals surface area contributed by atoms with Crippen molar-refractivity contribution in [1.29, 1.82) is 0 Å². The van der Waals surface area contributed by atoms with E-state index in [0.717, 1.165) is 28.3 Å². The number of aromatic hydroxyl groups is 1. The minimum atomic E-state index is -0.210. The normalized spacial score (nSPS) is 10.8. The Morgan fingerprint density at radius 2 is 1.53 bits per heavy atom. The number of aromatic nitrogens is 2. The molecule has 0 radical (unpaired) electrons. The minimum Gasteiger partial charge on any atom is -0.508 e. The second-order valence-electron chi connectivity index (χ2n) is 8.52. The SMILES string of the molecule is CCCC.COC(=O)C(C)Cc1ccc(O)cc1.COc1ccc(-n2nc(C(C)=O)c(C)c2C)cc1. The summed E-state index contributed by atoms with van der Waals surface area (Å²) in [6.07, 6.45) is 3.27. The molecule has 1 heterocycles. The van der Waals surface area contributed by atoms with Crippen molar-refractivity contribution >= 4 is 11.8 Å². The van der Waals surface area contributed by atoms with Crippen LogP contribution in [0.25, 0.3) is 5.69 Å². The van der Waals surface area contributed by atoms with Gasteiger partial charge in [0.05, 0.1) is 25.8 Å². The van der Waals surface area contributed by atoms with Gasteiger partial charge in [-0.2, -0.15) is 5.10 Å². The fourth-order valence-electron chi connectivity index (χ4n) is 3.16. The molecule has 3 rings (SSSR count). The molecule has 1 unspecified atom stereocenters. The Balaban J connectivity index is 0.000000321. The highest BCUT2D eigenvalue weighted by Crippen LogP contribution is 2.20. The number of unbranched alkanes of at least 4 members (excludes halogenated alkanes) is 1. The number of esters is 1. The Hall–Kier alpha value is -3.61. The quantitative estimate of drug-likeness (QED) is 0.307. The molecule has 1 aromatic heterocycles. The van der Waals surface area contributed by atoms with Crippen LogP contribution >= 0.6 is 0 Å². The molecule has 0 aliphatic rings. The lowest BCUT2D eigenvalue weighted by Crippen LogP contribution is -2.14. The van der Waals surface area contributed by atoms with Crippen molar-refractivity contribution in [3.63, 3.8) is 0 Å². The molecule has 7 heteroatoms. The summed E-state index contributed by atoms with van der Waals surface area (Å²) in [6, 6.07) is 14.4. The maximum absolute atomic E-state index is 11.5. The van der Waals surface area contributed by atoms with Crippen molar-refractivity contribution in [2.24, 2.45) is 5.92 Å². The van der Waals surface area contributed by atoms with Gasteiger partial charge in [-0.05, 0) is 62.2 Å². The number of methoxy groups -OCH3 is 2. The van der Waals surface area contributed by atoms with Gasteiger partial charge in [0.25, 0.3) is 0 Å². The summed E-state index contributed by atoms with van der Waals surface area (Å²) in [4.78, 5) is 22.6. The molecule has 0 bridgehead atoms. The summed E-state index contributed by atoms with van der Waals surface area (Å²) < 4.78 is 11.5. The van der Waals surface area contributed by atoms with Gasteiger partial charge in [0, 0.05) is 18.2 Å². The molecule has 36 heavy (non-hydrogen) atoms. The van der Waals surface area contributed by atoms with E-state index >= 15 is 0 Å². The Labute approximate surface area is 215 Å². The van der Waals surface area contributed by atoms with Crippen molar-refractivity contribution in [1.82, 2.24) is 9.78 Å². The number of benzene rings is 2. The van der Waals surface area contributed by atoms with Gasteiger partial charge in [-0.3, -0.25) is 9.59 Å². The van der Waals surface area contributed by atoms with E-state index in [1.165, 1.54) is 26.9 Å². The largest absolute Gasteiger partial charge is 0.508 e. The van der Waals surface area contributed by atoms with Crippen LogP contribution in [-0.2, 0) is 16.0 Å². The molecule has 7 nitrogen and oxygen atoms in total. The third kappa shape index (κ3) is 9.21. The molecule has 0 saturated heterocycles. The van der Waals surface area contributed by atoms with Crippen molar-refractivity contribution < 1.29 is 24.2 Å². The zero-order chi connectivity index (χ0) is 27.3. The average molecular weight is 497 g/mol. The van der Waals surface area contributed by atoms with Crippen molar-refractivity contribution in [2.75, 3.05) is 14.2 Å². The summed E-state index contributed by atoms with van der Waals surface area (Å²) in [5.74, 6) is 0.664. The predicted molar refractivity (Wildman–Crippen MR) is 143 cm³/mol. The molecular weight excluding hydrogens is 456 g/mol. The zero-order valence-corrected chi connectivity index (χ0v) is 22.8. The van der Waals surface area contributed by atoms with Crippen LogP contribution < -0.4 is 4.74 Å². The third-order valence-corrected chi connectivity index (χ3v) is 5.65. The van der Waals surface area contributed by atoms with E-state index in [0.29, 0.717) is 12.1 Å². The van der Waals surface area contributed by atoms with Crippen LogP contribution in [0, 0.1) is 19.8 Å². The van der Waals surface area contributed by atoms with Crippen LogP contribution in [0.4, 0.5) is 0 Å². The number of phenols is 1. The Morgan fingerprint density at radius 1 is 0.972 bits per heavy atom. The fraction of sp³-hybridized carbons (Fsp3) is 0.414. The third-order valence-electron chi connectivity index (χ3n) is 5.65. The maximum atomic E-state index is 11.5. The summed E-state index contributed by atoms with van der Waals surface area (Å²) in [6.45, 7) is 11.6. The van der Waals surface area contributed by atoms with Crippen LogP contribution in [0.3, 0.4) is 0 Å². The minimum absolute atomic E-state index is 0.0112. The molecular formula is C29H40N2O5. The number of Topliss-reactive ketones (excluding diaryl/α,β-unsaturated/α-hetero) is 1. The molecule has 2 aromatic carbocycles. The van der Waals surface area contributed by atoms with Crippen LogP contribution in [0.5, 0.6) is 11.5 Å². The van der Waals surface area contributed by atoms with Crippen LogP contribution in [0.1, 0.15) is 67.8 Å². The molecule has 0 spiro atoms. The van der Waals surface area contributed by atoms with Gasteiger partial charge >= 0.3 is 5.97 Å². The average Bonchev–Trinajstić information content (AvgIpc) is 3.19. The number of hydrogen-bond donors (Lipinski definition) is 1. The molecule has 0 fully saturated rings. The lowest BCUT2D eigenvalue weighted by atomic mass is 10.0. The first-order valence-electron chi connectivity index (χ1n) is 12.2. The molecule has 1 atom stereocenters. The second kappa shape index (κ2) is 15.4. The molecule has 1 N–H and O–H groups in total. The predicted octanol–water partition coefficient (Wildman–Crippen LogP) is 6.25. The van der Waals surface area contributed by atoms with E-state index in [1.807, 2.05) is 45.0 Å². The Bertz CT molecular complexity index is 1080. The smallest absolute Gasteiger partial charge is 0.308 e. The van der Waals surface area contributed by atoms with E-state index in [9.17, 15) is 9.59 Å². The highest BCUT2D eigenvalue weighted by atomic mass is 16.5. The first kappa shape index (κ1) is 30.4. The van der Waals surface area contributed by atoms with E-state index < -0.39 is 0 Å². The number of carbonyl (C=O) groups is 2. The second-order valence-corrected chi connectivity index (χ2v) is 8.52. The summed E-state index contributed by atoms with van der Waals surface area (Å²) in [7, 11) is 3.02. The molecule has 0 saturated carbocycles. The summed E-state index contributed by atoms with van der Waals surface area (Å²) in [5.41, 5.74) is 4.37. The van der Waals surface area contributed by atoms with Crippen molar-refractivity contribution in [3.8, 4) is 17.2 Å². The van der Waals surface area contributed by atoms with Crippen molar-refractivity contribution in [3.05, 3.63) is 71.0 Å². The van der Waals surface area contributed by atoms with Gasteiger partial charge in [-0.15, -0.1) is 0 Å².